The van der Waals surface area contributed by atoms with Gasteiger partial charge in [0.1, 0.15) is 6.29 Å². The van der Waals surface area contributed by atoms with E-state index in [4.69, 9.17) is 0 Å². The Bertz CT molecular complexity index is 116. The van der Waals surface area contributed by atoms with E-state index < -0.39 is 0 Å². The smallest absolute Gasteiger partial charge is 0.126 e. The highest BCUT2D eigenvalue weighted by molar-refractivity contribution is 7.99. The molecule has 0 aromatic rings. The van der Waals surface area contributed by atoms with Crippen LogP contribution in [-0.4, -0.2) is 17.8 Å². The molecule has 0 unspecified atom stereocenters. The molecule has 1 aliphatic rings. The molecular formula is C8H14OS. The van der Waals surface area contributed by atoms with Gasteiger partial charge in [-0.1, -0.05) is 6.92 Å². The summed E-state index contributed by atoms with van der Waals surface area (Å²) in [5, 5.41) is 0. The molecule has 1 rings (SSSR count). The Hall–Kier alpha value is 0.0200. The van der Waals surface area contributed by atoms with Crippen LogP contribution in [0.4, 0.5) is 0 Å². The van der Waals surface area contributed by atoms with E-state index in [0.29, 0.717) is 0 Å². The number of rotatable bonds is 2. The third-order valence-corrected chi connectivity index (χ3v) is 3.43. The topological polar surface area (TPSA) is 17.1 Å². The molecule has 0 radical (unpaired) electrons. The van der Waals surface area contributed by atoms with Gasteiger partial charge in [0.15, 0.2) is 0 Å². The van der Waals surface area contributed by atoms with Gasteiger partial charge in [0.25, 0.3) is 0 Å². The average molecular weight is 158 g/mol. The summed E-state index contributed by atoms with van der Waals surface area (Å²) in [7, 11) is 0. The summed E-state index contributed by atoms with van der Waals surface area (Å²) in [5.41, 5.74) is 0.0608. The molecule has 0 bridgehead atoms. The van der Waals surface area contributed by atoms with Crippen LogP contribution < -0.4 is 0 Å². The molecule has 2 heteroatoms. The highest BCUT2D eigenvalue weighted by Crippen LogP contribution is 2.35. The summed E-state index contributed by atoms with van der Waals surface area (Å²) < 4.78 is 0. The molecule has 1 saturated heterocycles. The highest BCUT2D eigenvalue weighted by Gasteiger charge is 2.29. The number of thioether (sulfide) groups is 1. The Balaban J connectivity index is 2.52. The second kappa shape index (κ2) is 3.42. The van der Waals surface area contributed by atoms with Gasteiger partial charge in [0.2, 0.25) is 0 Å². The van der Waals surface area contributed by atoms with Crippen molar-refractivity contribution < 1.29 is 4.79 Å². The van der Waals surface area contributed by atoms with Gasteiger partial charge < -0.3 is 4.79 Å². The van der Waals surface area contributed by atoms with Crippen LogP contribution in [0.5, 0.6) is 0 Å². The van der Waals surface area contributed by atoms with E-state index in [1.165, 1.54) is 17.8 Å². The maximum Gasteiger partial charge on any atom is 0.126 e. The van der Waals surface area contributed by atoms with Crippen LogP contribution in [0.1, 0.15) is 26.2 Å². The third kappa shape index (κ3) is 1.54. The predicted octanol–water partition coefficient (Wildman–Crippen LogP) is 2.11. The van der Waals surface area contributed by atoms with Crippen molar-refractivity contribution >= 4 is 18.0 Å². The number of carbonyl (C=O) groups is 1. The van der Waals surface area contributed by atoms with Crippen LogP contribution >= 0.6 is 11.8 Å². The molecule has 0 aliphatic carbocycles. The standard InChI is InChI=1S/C8H14OS/c1-2-8(7-9)3-5-10-6-4-8/h7H,2-6H2,1H3. The third-order valence-electron chi connectivity index (χ3n) is 2.44. The van der Waals surface area contributed by atoms with Gasteiger partial charge in [-0.3, -0.25) is 0 Å². The first kappa shape index (κ1) is 8.12. The molecule has 0 aromatic carbocycles. The number of hydrogen-bond acceptors (Lipinski definition) is 2. The van der Waals surface area contributed by atoms with Gasteiger partial charge in [-0.15, -0.1) is 0 Å². The second-order valence-corrected chi connectivity index (χ2v) is 4.17. The maximum atomic E-state index is 10.7. The van der Waals surface area contributed by atoms with Crippen molar-refractivity contribution in [2.24, 2.45) is 5.41 Å². The van der Waals surface area contributed by atoms with Crippen molar-refractivity contribution in [3.63, 3.8) is 0 Å². The normalized spacial score (nSPS) is 24.1. The Morgan fingerprint density at radius 3 is 2.40 bits per heavy atom. The van der Waals surface area contributed by atoms with Gasteiger partial charge in [0, 0.05) is 5.41 Å². The van der Waals surface area contributed by atoms with Crippen molar-refractivity contribution in [3.05, 3.63) is 0 Å². The lowest BCUT2D eigenvalue weighted by Gasteiger charge is -2.30. The molecule has 1 fully saturated rings. The van der Waals surface area contributed by atoms with E-state index in [1.54, 1.807) is 0 Å². The lowest BCUT2D eigenvalue weighted by molar-refractivity contribution is -0.116. The lowest BCUT2D eigenvalue weighted by Crippen LogP contribution is -2.26. The minimum atomic E-state index is 0.0608. The SMILES string of the molecule is CCC1(C=O)CCSCC1. The maximum absolute atomic E-state index is 10.7. The minimum Gasteiger partial charge on any atom is -0.303 e. The zero-order valence-corrected chi connectivity index (χ0v) is 7.25. The van der Waals surface area contributed by atoms with E-state index in [1.807, 2.05) is 11.8 Å². The average Bonchev–Trinajstić information content (AvgIpc) is 2.06. The van der Waals surface area contributed by atoms with E-state index in [9.17, 15) is 4.79 Å². The van der Waals surface area contributed by atoms with Crippen LogP contribution in [0.15, 0.2) is 0 Å². The Kier molecular flexibility index (Phi) is 2.78. The van der Waals surface area contributed by atoms with Crippen molar-refractivity contribution in [1.82, 2.24) is 0 Å². The summed E-state index contributed by atoms with van der Waals surface area (Å²) in [6.07, 6.45) is 4.39. The van der Waals surface area contributed by atoms with Crippen LogP contribution in [0.25, 0.3) is 0 Å². The largest absolute Gasteiger partial charge is 0.303 e. The number of hydrogen-bond donors (Lipinski definition) is 0. The summed E-state index contributed by atoms with van der Waals surface area (Å²) in [6.45, 7) is 2.12. The monoisotopic (exact) mass is 158 g/mol. The van der Waals surface area contributed by atoms with Crippen molar-refractivity contribution in [3.8, 4) is 0 Å². The van der Waals surface area contributed by atoms with Gasteiger partial charge in [0.05, 0.1) is 0 Å². The predicted molar refractivity (Wildman–Crippen MR) is 45.3 cm³/mol. The molecule has 1 heterocycles. The minimum absolute atomic E-state index is 0.0608. The molecule has 1 aliphatic heterocycles. The van der Waals surface area contributed by atoms with Gasteiger partial charge in [-0.2, -0.15) is 11.8 Å². The van der Waals surface area contributed by atoms with Gasteiger partial charge in [-0.05, 0) is 30.8 Å². The molecule has 1 nitrogen and oxygen atoms in total. The van der Waals surface area contributed by atoms with Gasteiger partial charge >= 0.3 is 0 Å². The van der Waals surface area contributed by atoms with E-state index in [0.717, 1.165) is 19.3 Å². The fraction of sp³-hybridized carbons (Fsp3) is 0.875. The zero-order valence-electron chi connectivity index (χ0n) is 6.43. The summed E-state index contributed by atoms with van der Waals surface area (Å²) in [4.78, 5) is 10.7. The molecule has 0 amide bonds. The fourth-order valence-electron chi connectivity index (χ4n) is 1.33. The fourth-order valence-corrected chi connectivity index (χ4v) is 2.64. The van der Waals surface area contributed by atoms with E-state index in [-0.39, 0.29) is 5.41 Å². The molecule has 0 aromatic heterocycles. The quantitative estimate of drug-likeness (QED) is 0.572. The number of aldehydes is 1. The molecule has 0 atom stereocenters. The molecular weight excluding hydrogens is 144 g/mol. The Morgan fingerprint density at radius 2 is 2.10 bits per heavy atom. The van der Waals surface area contributed by atoms with Crippen LogP contribution in [-0.2, 0) is 4.79 Å². The highest BCUT2D eigenvalue weighted by atomic mass is 32.2. The molecule has 0 N–H and O–H groups in total. The van der Waals surface area contributed by atoms with Crippen LogP contribution in [0, 0.1) is 5.41 Å². The van der Waals surface area contributed by atoms with Crippen molar-refractivity contribution in [2.75, 3.05) is 11.5 Å². The summed E-state index contributed by atoms with van der Waals surface area (Å²) in [5.74, 6) is 2.35. The second-order valence-electron chi connectivity index (χ2n) is 2.95. The molecule has 0 spiro atoms. The summed E-state index contributed by atoms with van der Waals surface area (Å²) >= 11 is 1.97. The molecule has 0 saturated carbocycles. The van der Waals surface area contributed by atoms with E-state index >= 15 is 0 Å². The van der Waals surface area contributed by atoms with E-state index in [2.05, 4.69) is 6.92 Å². The number of carbonyl (C=O) groups excluding carboxylic acids is 1. The lowest BCUT2D eigenvalue weighted by atomic mass is 9.81. The molecule has 10 heavy (non-hydrogen) atoms. The molecule has 58 valence electrons. The zero-order chi connectivity index (χ0) is 7.45. The van der Waals surface area contributed by atoms with Crippen molar-refractivity contribution in [2.45, 2.75) is 26.2 Å². The Morgan fingerprint density at radius 1 is 1.50 bits per heavy atom. The first-order valence-electron chi connectivity index (χ1n) is 3.87. The first-order valence-corrected chi connectivity index (χ1v) is 5.02. The van der Waals surface area contributed by atoms with Crippen molar-refractivity contribution in [1.29, 1.82) is 0 Å². The Labute approximate surface area is 66.6 Å². The summed E-state index contributed by atoms with van der Waals surface area (Å²) in [6, 6.07) is 0. The van der Waals surface area contributed by atoms with Crippen LogP contribution in [0.2, 0.25) is 0 Å². The first-order chi connectivity index (χ1) is 4.83. The van der Waals surface area contributed by atoms with Gasteiger partial charge in [-0.25, -0.2) is 0 Å². The van der Waals surface area contributed by atoms with Crippen LogP contribution in [0.3, 0.4) is 0 Å².